The summed E-state index contributed by atoms with van der Waals surface area (Å²) in [6, 6.07) is 0. The minimum absolute atomic E-state index is 0.131. The lowest BCUT2D eigenvalue weighted by Gasteiger charge is -2.42. The summed E-state index contributed by atoms with van der Waals surface area (Å²) < 4.78 is 47.1. The van der Waals surface area contributed by atoms with Gasteiger partial charge in [-0.05, 0) is 13.8 Å². The Morgan fingerprint density at radius 1 is 1.50 bits per heavy atom. The summed E-state index contributed by atoms with van der Waals surface area (Å²) in [5.41, 5.74) is -0.664. The maximum Gasteiger partial charge on any atom is 0.397 e. The first-order valence-electron chi connectivity index (χ1n) is 5.64. The van der Waals surface area contributed by atoms with Crippen molar-refractivity contribution < 1.29 is 27.4 Å². The minimum atomic E-state index is -4.48. The van der Waals surface area contributed by atoms with Gasteiger partial charge in [-0.1, -0.05) is 0 Å². The molecule has 7 heteroatoms. The van der Waals surface area contributed by atoms with E-state index in [0.29, 0.717) is 0 Å². The highest BCUT2D eigenvalue weighted by atomic mass is 19.4. The molecule has 1 heterocycles. The molecular weight excluding hydrogens is 251 g/mol. The molecule has 1 unspecified atom stereocenters. The number of ether oxygens (including phenoxy) is 2. The molecule has 0 saturated carbocycles. The number of carbonyl (C=O) groups excluding carboxylic acids is 1. The number of halogens is 3. The van der Waals surface area contributed by atoms with E-state index in [1.165, 1.54) is 12.0 Å². The molecule has 0 spiro atoms. The Morgan fingerprint density at radius 3 is 2.61 bits per heavy atom. The average Bonchev–Trinajstić information content (AvgIpc) is 2.12. The van der Waals surface area contributed by atoms with Crippen LogP contribution in [0.15, 0.2) is 0 Å². The van der Waals surface area contributed by atoms with E-state index in [2.05, 4.69) is 0 Å². The van der Waals surface area contributed by atoms with Crippen molar-refractivity contribution in [1.82, 2.24) is 4.90 Å². The van der Waals surface area contributed by atoms with Crippen molar-refractivity contribution in [2.24, 2.45) is 0 Å². The molecule has 1 rings (SSSR count). The number of alkyl halides is 3. The number of rotatable bonds is 3. The lowest BCUT2D eigenvalue weighted by Crippen LogP contribution is -2.56. The third kappa shape index (κ3) is 4.81. The first-order chi connectivity index (χ1) is 8.13. The molecule has 18 heavy (non-hydrogen) atoms. The zero-order valence-electron chi connectivity index (χ0n) is 10.7. The van der Waals surface area contributed by atoms with Crippen LogP contribution in [0.2, 0.25) is 0 Å². The predicted molar refractivity (Wildman–Crippen MR) is 58.1 cm³/mol. The Hall–Kier alpha value is -0.820. The van der Waals surface area contributed by atoms with Gasteiger partial charge in [0, 0.05) is 20.2 Å². The van der Waals surface area contributed by atoms with Crippen LogP contribution in [-0.4, -0.2) is 55.5 Å². The molecule has 0 radical (unpaired) electrons. The normalized spacial score (nSPS) is 24.1. The Kier molecular flexibility index (Phi) is 4.61. The number of methoxy groups -OCH3 is 1. The molecule has 1 aliphatic heterocycles. The second-order valence-electron chi connectivity index (χ2n) is 5.02. The Labute approximate surface area is 104 Å². The van der Waals surface area contributed by atoms with Crippen LogP contribution in [0.1, 0.15) is 20.3 Å². The van der Waals surface area contributed by atoms with E-state index in [0.717, 1.165) is 0 Å². The quantitative estimate of drug-likeness (QED) is 0.781. The van der Waals surface area contributed by atoms with Gasteiger partial charge in [-0.3, -0.25) is 4.79 Å². The van der Waals surface area contributed by atoms with Gasteiger partial charge in [0.1, 0.15) is 6.42 Å². The maximum absolute atomic E-state index is 12.2. The van der Waals surface area contributed by atoms with Gasteiger partial charge in [0.2, 0.25) is 5.91 Å². The van der Waals surface area contributed by atoms with Crippen molar-refractivity contribution >= 4 is 5.91 Å². The van der Waals surface area contributed by atoms with Crippen LogP contribution in [-0.2, 0) is 14.3 Å². The Balaban J connectivity index is 2.67. The van der Waals surface area contributed by atoms with Crippen molar-refractivity contribution in [2.45, 2.75) is 38.1 Å². The van der Waals surface area contributed by atoms with E-state index < -0.39 is 30.2 Å². The predicted octanol–water partition coefficient (Wildman–Crippen LogP) is 1.59. The molecule has 0 aromatic carbocycles. The van der Waals surface area contributed by atoms with E-state index in [1.54, 1.807) is 13.8 Å². The van der Waals surface area contributed by atoms with Gasteiger partial charge in [0.05, 0.1) is 18.3 Å². The molecular formula is C11H18F3NO3. The Morgan fingerprint density at radius 2 is 2.11 bits per heavy atom. The molecule has 4 nitrogen and oxygen atoms in total. The highest BCUT2D eigenvalue weighted by Gasteiger charge is 2.39. The molecule has 0 N–H and O–H groups in total. The number of nitrogens with zero attached hydrogens (tertiary/aromatic N) is 1. The van der Waals surface area contributed by atoms with Crippen LogP contribution in [0.4, 0.5) is 13.2 Å². The third-order valence-corrected chi connectivity index (χ3v) is 2.54. The lowest BCUT2D eigenvalue weighted by atomic mass is 10.0. The van der Waals surface area contributed by atoms with Crippen LogP contribution in [0.25, 0.3) is 0 Å². The summed E-state index contributed by atoms with van der Waals surface area (Å²) in [5, 5.41) is 0. The number of amides is 1. The molecule has 1 atom stereocenters. The number of carbonyl (C=O) groups is 1. The molecule has 0 aliphatic carbocycles. The van der Waals surface area contributed by atoms with Gasteiger partial charge >= 0.3 is 6.18 Å². The van der Waals surface area contributed by atoms with Gasteiger partial charge in [0.25, 0.3) is 0 Å². The second kappa shape index (κ2) is 5.44. The van der Waals surface area contributed by atoms with Gasteiger partial charge < -0.3 is 14.4 Å². The van der Waals surface area contributed by atoms with E-state index in [-0.39, 0.29) is 19.7 Å². The SMILES string of the molecule is COCC1CN(C(=O)CC(F)(F)F)CC(C)(C)O1. The van der Waals surface area contributed by atoms with Gasteiger partial charge in [-0.15, -0.1) is 0 Å². The fourth-order valence-electron chi connectivity index (χ4n) is 2.04. The smallest absolute Gasteiger partial charge is 0.382 e. The number of hydrogen-bond donors (Lipinski definition) is 0. The second-order valence-corrected chi connectivity index (χ2v) is 5.02. The molecule has 1 saturated heterocycles. The molecule has 106 valence electrons. The molecule has 0 aromatic heterocycles. The summed E-state index contributed by atoms with van der Waals surface area (Å²) in [7, 11) is 1.48. The van der Waals surface area contributed by atoms with Crippen molar-refractivity contribution in [2.75, 3.05) is 26.8 Å². The van der Waals surface area contributed by atoms with Gasteiger partial charge in [0.15, 0.2) is 0 Å². The highest BCUT2D eigenvalue weighted by molar-refractivity contribution is 5.77. The summed E-state index contributed by atoms with van der Waals surface area (Å²) in [5.74, 6) is -0.917. The van der Waals surface area contributed by atoms with Gasteiger partial charge in [-0.25, -0.2) is 0 Å². The molecule has 1 amide bonds. The zero-order valence-corrected chi connectivity index (χ0v) is 10.7. The van der Waals surface area contributed by atoms with Crippen LogP contribution >= 0.6 is 0 Å². The number of hydrogen-bond acceptors (Lipinski definition) is 3. The number of morpholine rings is 1. The summed E-state index contributed by atoms with van der Waals surface area (Å²) in [6.45, 7) is 4.01. The van der Waals surface area contributed by atoms with Crippen molar-refractivity contribution in [3.63, 3.8) is 0 Å². The zero-order chi connectivity index (χ0) is 14.0. The van der Waals surface area contributed by atoms with Crippen LogP contribution in [0.3, 0.4) is 0 Å². The van der Waals surface area contributed by atoms with E-state index >= 15 is 0 Å². The maximum atomic E-state index is 12.2. The summed E-state index contributed by atoms with van der Waals surface area (Å²) in [6.07, 6.45) is -6.30. The van der Waals surface area contributed by atoms with Crippen LogP contribution in [0, 0.1) is 0 Å². The highest BCUT2D eigenvalue weighted by Crippen LogP contribution is 2.25. The largest absolute Gasteiger partial charge is 0.397 e. The first-order valence-corrected chi connectivity index (χ1v) is 5.64. The van der Waals surface area contributed by atoms with Crippen molar-refractivity contribution in [3.05, 3.63) is 0 Å². The van der Waals surface area contributed by atoms with Crippen LogP contribution < -0.4 is 0 Å². The van der Waals surface area contributed by atoms with E-state index in [4.69, 9.17) is 9.47 Å². The lowest BCUT2D eigenvalue weighted by molar-refractivity contribution is -0.183. The molecule has 0 aromatic rings. The molecule has 0 bridgehead atoms. The Bertz CT molecular complexity index is 304. The minimum Gasteiger partial charge on any atom is -0.382 e. The molecule has 1 fully saturated rings. The summed E-state index contributed by atoms with van der Waals surface area (Å²) >= 11 is 0. The fraction of sp³-hybridized carbons (Fsp3) is 0.909. The summed E-state index contributed by atoms with van der Waals surface area (Å²) in [4.78, 5) is 12.8. The monoisotopic (exact) mass is 269 g/mol. The molecule has 1 aliphatic rings. The third-order valence-electron chi connectivity index (χ3n) is 2.54. The topological polar surface area (TPSA) is 38.8 Å². The van der Waals surface area contributed by atoms with E-state index in [9.17, 15) is 18.0 Å². The van der Waals surface area contributed by atoms with Gasteiger partial charge in [-0.2, -0.15) is 13.2 Å². The average molecular weight is 269 g/mol. The van der Waals surface area contributed by atoms with Crippen LogP contribution in [0.5, 0.6) is 0 Å². The standard InChI is InChI=1S/C11H18F3NO3/c1-10(2)7-15(5-8(18-10)6-17-3)9(16)4-11(12,13)14/h8H,4-7H2,1-3H3. The first kappa shape index (κ1) is 15.2. The van der Waals surface area contributed by atoms with Crippen molar-refractivity contribution in [1.29, 1.82) is 0 Å². The van der Waals surface area contributed by atoms with E-state index in [1.807, 2.05) is 0 Å². The fourth-order valence-corrected chi connectivity index (χ4v) is 2.04. The van der Waals surface area contributed by atoms with Crippen molar-refractivity contribution in [3.8, 4) is 0 Å².